The van der Waals surface area contributed by atoms with Crippen molar-refractivity contribution in [2.45, 2.75) is 39.2 Å². The zero-order valence-electron chi connectivity index (χ0n) is 12.4. The van der Waals surface area contributed by atoms with E-state index in [1.54, 1.807) is 19.9 Å². The zero-order chi connectivity index (χ0) is 14.8. The van der Waals surface area contributed by atoms with E-state index in [0.29, 0.717) is 23.8 Å². The molecular formula is C15H23NO4. The van der Waals surface area contributed by atoms with Crippen molar-refractivity contribution in [1.29, 1.82) is 0 Å². The highest BCUT2D eigenvalue weighted by atomic mass is 16.5. The second-order valence-corrected chi connectivity index (χ2v) is 5.84. The van der Waals surface area contributed by atoms with Gasteiger partial charge in [0.2, 0.25) is 5.91 Å². The summed E-state index contributed by atoms with van der Waals surface area (Å²) in [6.45, 7) is 6.14. The number of carbonyl (C=O) groups is 1. The summed E-state index contributed by atoms with van der Waals surface area (Å²) in [5, 5.41) is 13.1. The van der Waals surface area contributed by atoms with Gasteiger partial charge in [0.1, 0.15) is 23.7 Å². The number of aryl methyl sites for hydroxylation is 2. The lowest BCUT2D eigenvalue weighted by atomic mass is 9.96. The first-order valence-corrected chi connectivity index (χ1v) is 7.03. The fourth-order valence-corrected chi connectivity index (χ4v) is 2.19. The minimum atomic E-state index is -1.14. The van der Waals surface area contributed by atoms with Crippen molar-refractivity contribution in [3.05, 3.63) is 23.2 Å². The minimum Gasteiger partial charge on any atom is -0.466 e. The fourth-order valence-electron chi connectivity index (χ4n) is 2.19. The minimum absolute atomic E-state index is 0.0516. The molecular weight excluding hydrogens is 258 g/mol. The van der Waals surface area contributed by atoms with Crippen LogP contribution in [-0.4, -0.2) is 30.8 Å². The molecule has 1 atom stereocenters. The Morgan fingerprint density at radius 2 is 2.25 bits per heavy atom. The highest BCUT2D eigenvalue weighted by Gasteiger charge is 2.28. The number of nitrogens with one attached hydrogen (secondary N) is 1. The van der Waals surface area contributed by atoms with Crippen LogP contribution in [0.25, 0.3) is 0 Å². The number of hydrogen-bond donors (Lipinski definition) is 2. The van der Waals surface area contributed by atoms with Gasteiger partial charge < -0.3 is 19.6 Å². The SMILES string of the molecule is Cc1cc(C(C)(O)CNC(=O)COCC2CC2)c(C)o1. The van der Waals surface area contributed by atoms with Gasteiger partial charge in [-0.05, 0) is 45.6 Å². The van der Waals surface area contributed by atoms with Gasteiger partial charge in [0.05, 0.1) is 13.2 Å². The smallest absolute Gasteiger partial charge is 0.246 e. The van der Waals surface area contributed by atoms with Crippen molar-refractivity contribution in [3.8, 4) is 0 Å². The predicted molar refractivity (Wildman–Crippen MR) is 74.3 cm³/mol. The number of amides is 1. The molecule has 2 N–H and O–H groups in total. The molecule has 0 aliphatic heterocycles. The summed E-state index contributed by atoms with van der Waals surface area (Å²) in [5.41, 5.74) is -0.442. The summed E-state index contributed by atoms with van der Waals surface area (Å²) < 4.78 is 10.7. The van der Waals surface area contributed by atoms with Crippen LogP contribution in [0.2, 0.25) is 0 Å². The summed E-state index contributed by atoms with van der Waals surface area (Å²) in [6.07, 6.45) is 2.41. The molecule has 1 unspecified atom stereocenters. The number of furan rings is 1. The highest BCUT2D eigenvalue weighted by Crippen LogP contribution is 2.28. The molecule has 1 aliphatic rings. The molecule has 1 fully saturated rings. The van der Waals surface area contributed by atoms with Crippen LogP contribution in [0.1, 0.15) is 36.8 Å². The lowest BCUT2D eigenvalue weighted by molar-refractivity contribution is -0.127. The largest absolute Gasteiger partial charge is 0.466 e. The molecule has 112 valence electrons. The average Bonchev–Trinajstić information content (AvgIpc) is 3.11. The molecule has 1 amide bonds. The number of aliphatic hydroxyl groups is 1. The molecule has 0 aromatic carbocycles. The molecule has 5 nitrogen and oxygen atoms in total. The lowest BCUT2D eigenvalue weighted by Gasteiger charge is -2.23. The van der Waals surface area contributed by atoms with Gasteiger partial charge in [0.25, 0.3) is 0 Å². The van der Waals surface area contributed by atoms with E-state index in [-0.39, 0.29) is 19.1 Å². The Morgan fingerprint density at radius 1 is 1.55 bits per heavy atom. The van der Waals surface area contributed by atoms with Crippen LogP contribution >= 0.6 is 0 Å². The Kier molecular flexibility index (Phi) is 4.50. The normalized spacial score (nSPS) is 17.8. The maximum atomic E-state index is 11.6. The van der Waals surface area contributed by atoms with Gasteiger partial charge >= 0.3 is 0 Å². The van der Waals surface area contributed by atoms with E-state index in [9.17, 15) is 9.90 Å². The summed E-state index contributed by atoms with van der Waals surface area (Å²) in [5.74, 6) is 1.86. The molecule has 1 aromatic heterocycles. The van der Waals surface area contributed by atoms with E-state index in [1.807, 2.05) is 6.92 Å². The monoisotopic (exact) mass is 281 g/mol. The van der Waals surface area contributed by atoms with Gasteiger partial charge in [-0.15, -0.1) is 0 Å². The molecule has 1 aromatic rings. The third-order valence-corrected chi connectivity index (χ3v) is 3.53. The molecule has 0 bridgehead atoms. The Morgan fingerprint density at radius 3 is 2.80 bits per heavy atom. The van der Waals surface area contributed by atoms with Crippen LogP contribution in [-0.2, 0) is 15.1 Å². The van der Waals surface area contributed by atoms with Crippen molar-refractivity contribution in [1.82, 2.24) is 5.32 Å². The van der Waals surface area contributed by atoms with Crippen LogP contribution in [0.5, 0.6) is 0 Å². The Balaban J connectivity index is 1.78. The van der Waals surface area contributed by atoms with Crippen molar-refractivity contribution in [3.63, 3.8) is 0 Å². The summed E-state index contributed by atoms with van der Waals surface area (Å²) >= 11 is 0. The summed E-state index contributed by atoms with van der Waals surface area (Å²) in [4.78, 5) is 11.6. The van der Waals surface area contributed by atoms with Crippen LogP contribution in [0, 0.1) is 19.8 Å². The van der Waals surface area contributed by atoms with Gasteiger partial charge in [0.15, 0.2) is 0 Å². The molecule has 0 spiro atoms. The first-order valence-electron chi connectivity index (χ1n) is 7.03. The van der Waals surface area contributed by atoms with Crippen LogP contribution in [0.4, 0.5) is 0 Å². The highest BCUT2D eigenvalue weighted by molar-refractivity contribution is 5.77. The molecule has 1 heterocycles. The van der Waals surface area contributed by atoms with E-state index in [2.05, 4.69) is 5.32 Å². The summed E-state index contributed by atoms with van der Waals surface area (Å²) in [6, 6.07) is 1.80. The van der Waals surface area contributed by atoms with Gasteiger partial charge in [-0.3, -0.25) is 4.79 Å². The Hall–Kier alpha value is -1.33. The number of rotatable bonds is 7. The molecule has 1 aliphatic carbocycles. The number of ether oxygens (including phenoxy) is 1. The predicted octanol–water partition coefficient (Wildman–Crippen LogP) is 1.65. The standard InChI is InChI=1S/C15H23NO4/c1-10-6-13(11(2)20-10)15(3,18)9-16-14(17)8-19-7-12-4-5-12/h6,12,18H,4-5,7-9H2,1-3H3,(H,16,17). The van der Waals surface area contributed by atoms with E-state index in [0.717, 1.165) is 5.76 Å². The zero-order valence-corrected chi connectivity index (χ0v) is 12.4. The average molecular weight is 281 g/mol. The fraction of sp³-hybridized carbons (Fsp3) is 0.667. The number of hydrogen-bond acceptors (Lipinski definition) is 4. The molecule has 0 radical (unpaired) electrons. The van der Waals surface area contributed by atoms with Crippen molar-refractivity contribution in [2.75, 3.05) is 19.8 Å². The van der Waals surface area contributed by atoms with Gasteiger partial charge in [-0.25, -0.2) is 0 Å². The summed E-state index contributed by atoms with van der Waals surface area (Å²) in [7, 11) is 0. The molecule has 20 heavy (non-hydrogen) atoms. The van der Waals surface area contributed by atoms with Crippen molar-refractivity contribution >= 4 is 5.91 Å². The molecule has 1 saturated carbocycles. The lowest BCUT2D eigenvalue weighted by Crippen LogP contribution is -2.40. The first kappa shape index (κ1) is 15.1. The van der Waals surface area contributed by atoms with Crippen molar-refractivity contribution in [2.24, 2.45) is 5.92 Å². The van der Waals surface area contributed by atoms with Crippen LogP contribution in [0.15, 0.2) is 10.5 Å². The van der Waals surface area contributed by atoms with E-state index >= 15 is 0 Å². The molecule has 2 rings (SSSR count). The molecule has 0 saturated heterocycles. The van der Waals surface area contributed by atoms with Crippen LogP contribution in [0.3, 0.4) is 0 Å². The second-order valence-electron chi connectivity index (χ2n) is 5.84. The van der Waals surface area contributed by atoms with E-state index in [4.69, 9.17) is 9.15 Å². The Bertz CT molecular complexity index is 474. The van der Waals surface area contributed by atoms with Gasteiger partial charge in [-0.1, -0.05) is 0 Å². The van der Waals surface area contributed by atoms with E-state index in [1.165, 1.54) is 12.8 Å². The maximum Gasteiger partial charge on any atom is 0.246 e. The maximum absolute atomic E-state index is 11.6. The van der Waals surface area contributed by atoms with Gasteiger partial charge in [0, 0.05) is 5.56 Å². The second kappa shape index (κ2) is 5.97. The van der Waals surface area contributed by atoms with Crippen molar-refractivity contribution < 1.29 is 19.1 Å². The third-order valence-electron chi connectivity index (χ3n) is 3.53. The Labute approximate surface area is 119 Å². The first-order chi connectivity index (χ1) is 9.38. The quantitative estimate of drug-likeness (QED) is 0.797. The van der Waals surface area contributed by atoms with E-state index < -0.39 is 5.60 Å². The molecule has 5 heteroatoms. The van der Waals surface area contributed by atoms with Crippen LogP contribution < -0.4 is 5.32 Å². The topological polar surface area (TPSA) is 71.7 Å². The van der Waals surface area contributed by atoms with Gasteiger partial charge in [-0.2, -0.15) is 0 Å². The number of carbonyl (C=O) groups excluding carboxylic acids is 1. The third kappa shape index (κ3) is 4.08.